The number of carbonyl (C=O) groups is 1. The van der Waals surface area contributed by atoms with Crippen molar-refractivity contribution >= 4 is 22.6 Å². The molecule has 0 atom stereocenters. The first-order valence-corrected chi connectivity index (χ1v) is 6.61. The monoisotopic (exact) mass is 280 g/mol. The number of benzene rings is 1. The van der Waals surface area contributed by atoms with Crippen LogP contribution in [0.25, 0.3) is 22.0 Å². The van der Waals surface area contributed by atoms with E-state index < -0.39 is 0 Å². The van der Waals surface area contributed by atoms with E-state index in [9.17, 15) is 4.79 Å². The molecule has 0 saturated heterocycles. The molecule has 0 aliphatic heterocycles. The van der Waals surface area contributed by atoms with Crippen LogP contribution < -0.4 is 5.73 Å². The highest BCUT2D eigenvalue weighted by Crippen LogP contribution is 2.29. The SMILES string of the molecule is CN(C)C(=O)c1ccc(-c2c[nH]c3cnc(N)cc23)cc1. The van der Waals surface area contributed by atoms with Crippen LogP contribution in [-0.2, 0) is 0 Å². The second-order valence-electron chi connectivity index (χ2n) is 5.13. The molecule has 3 rings (SSSR count). The summed E-state index contributed by atoms with van der Waals surface area (Å²) in [6.45, 7) is 0. The molecule has 2 heterocycles. The van der Waals surface area contributed by atoms with Crippen LogP contribution in [0.5, 0.6) is 0 Å². The van der Waals surface area contributed by atoms with Crippen molar-refractivity contribution in [1.82, 2.24) is 14.9 Å². The van der Waals surface area contributed by atoms with E-state index in [1.54, 1.807) is 25.2 Å². The number of rotatable bonds is 2. The molecule has 1 aromatic carbocycles. The lowest BCUT2D eigenvalue weighted by atomic mass is 10.0. The summed E-state index contributed by atoms with van der Waals surface area (Å²) in [6.07, 6.45) is 3.65. The highest BCUT2D eigenvalue weighted by atomic mass is 16.2. The molecule has 0 saturated carbocycles. The first-order valence-electron chi connectivity index (χ1n) is 6.61. The molecule has 0 bridgehead atoms. The van der Waals surface area contributed by atoms with E-state index in [1.807, 2.05) is 36.5 Å². The molecule has 0 spiro atoms. The summed E-state index contributed by atoms with van der Waals surface area (Å²) >= 11 is 0. The van der Waals surface area contributed by atoms with Gasteiger partial charge in [0.05, 0.1) is 11.7 Å². The third-order valence-corrected chi connectivity index (χ3v) is 3.44. The second kappa shape index (κ2) is 4.94. The largest absolute Gasteiger partial charge is 0.384 e. The Labute approximate surface area is 122 Å². The third kappa shape index (κ3) is 2.33. The fourth-order valence-corrected chi connectivity index (χ4v) is 2.33. The molecular weight excluding hydrogens is 264 g/mol. The quantitative estimate of drug-likeness (QED) is 0.757. The highest BCUT2D eigenvalue weighted by molar-refractivity contribution is 5.98. The fourth-order valence-electron chi connectivity index (χ4n) is 2.33. The molecule has 5 nitrogen and oxygen atoms in total. The molecule has 3 N–H and O–H groups in total. The lowest BCUT2D eigenvalue weighted by Crippen LogP contribution is -2.21. The first kappa shape index (κ1) is 13.2. The Bertz CT molecular complexity index is 803. The van der Waals surface area contributed by atoms with Crippen molar-refractivity contribution in [2.24, 2.45) is 0 Å². The number of nitrogens with zero attached hydrogens (tertiary/aromatic N) is 2. The molecule has 0 aliphatic rings. The van der Waals surface area contributed by atoms with E-state index in [-0.39, 0.29) is 5.91 Å². The number of nitrogens with two attached hydrogens (primary N) is 1. The Morgan fingerprint density at radius 3 is 2.62 bits per heavy atom. The highest BCUT2D eigenvalue weighted by Gasteiger charge is 2.10. The van der Waals surface area contributed by atoms with Gasteiger partial charge in [0.1, 0.15) is 5.82 Å². The summed E-state index contributed by atoms with van der Waals surface area (Å²) in [5, 5.41) is 1.02. The zero-order valence-electron chi connectivity index (χ0n) is 11.9. The van der Waals surface area contributed by atoms with Crippen molar-refractivity contribution in [2.45, 2.75) is 0 Å². The van der Waals surface area contributed by atoms with E-state index >= 15 is 0 Å². The lowest BCUT2D eigenvalue weighted by Gasteiger charge is -2.10. The number of amides is 1. The van der Waals surface area contributed by atoms with Gasteiger partial charge in [0.25, 0.3) is 5.91 Å². The fraction of sp³-hybridized carbons (Fsp3) is 0.125. The number of nitrogen functional groups attached to an aromatic ring is 1. The Morgan fingerprint density at radius 2 is 1.95 bits per heavy atom. The van der Waals surface area contributed by atoms with Crippen LogP contribution in [0.2, 0.25) is 0 Å². The van der Waals surface area contributed by atoms with Gasteiger partial charge in [-0.1, -0.05) is 12.1 Å². The second-order valence-corrected chi connectivity index (χ2v) is 5.13. The van der Waals surface area contributed by atoms with E-state index in [1.165, 1.54) is 0 Å². The van der Waals surface area contributed by atoms with Crippen LogP contribution >= 0.6 is 0 Å². The van der Waals surface area contributed by atoms with E-state index in [2.05, 4.69) is 9.97 Å². The summed E-state index contributed by atoms with van der Waals surface area (Å²) < 4.78 is 0. The summed E-state index contributed by atoms with van der Waals surface area (Å²) in [5.74, 6) is 0.483. The number of anilines is 1. The Hall–Kier alpha value is -2.82. The van der Waals surface area contributed by atoms with Gasteiger partial charge in [0.2, 0.25) is 0 Å². The van der Waals surface area contributed by atoms with Crippen LogP contribution in [0.15, 0.2) is 42.7 Å². The van der Waals surface area contributed by atoms with Crippen LogP contribution in [0.1, 0.15) is 10.4 Å². The van der Waals surface area contributed by atoms with Gasteiger partial charge in [-0.2, -0.15) is 0 Å². The van der Waals surface area contributed by atoms with Gasteiger partial charge in [0, 0.05) is 36.8 Å². The van der Waals surface area contributed by atoms with Gasteiger partial charge in [-0.25, -0.2) is 4.98 Å². The normalized spacial score (nSPS) is 10.8. The molecule has 3 aromatic rings. The molecule has 5 heteroatoms. The average molecular weight is 280 g/mol. The van der Waals surface area contributed by atoms with E-state index in [4.69, 9.17) is 5.73 Å². The number of aromatic amines is 1. The van der Waals surface area contributed by atoms with Gasteiger partial charge >= 0.3 is 0 Å². The van der Waals surface area contributed by atoms with Gasteiger partial charge in [0.15, 0.2) is 0 Å². The molecule has 0 fully saturated rings. The number of pyridine rings is 1. The molecular formula is C16H16N4O. The number of carbonyl (C=O) groups excluding carboxylic acids is 1. The molecule has 0 unspecified atom stereocenters. The maximum absolute atomic E-state index is 11.9. The third-order valence-electron chi connectivity index (χ3n) is 3.44. The topological polar surface area (TPSA) is 75.0 Å². The number of fused-ring (bicyclic) bond motifs is 1. The molecule has 21 heavy (non-hydrogen) atoms. The van der Waals surface area contributed by atoms with E-state index in [0.717, 1.165) is 22.0 Å². The summed E-state index contributed by atoms with van der Waals surface area (Å²) in [6, 6.07) is 9.40. The summed E-state index contributed by atoms with van der Waals surface area (Å²) in [7, 11) is 3.48. The van der Waals surface area contributed by atoms with Crippen molar-refractivity contribution in [1.29, 1.82) is 0 Å². The Morgan fingerprint density at radius 1 is 1.24 bits per heavy atom. The van der Waals surface area contributed by atoms with Gasteiger partial charge in [-0.15, -0.1) is 0 Å². The van der Waals surface area contributed by atoms with E-state index in [0.29, 0.717) is 11.4 Å². The first-order chi connectivity index (χ1) is 10.1. The summed E-state index contributed by atoms with van der Waals surface area (Å²) in [5.41, 5.74) is 9.43. The zero-order valence-corrected chi connectivity index (χ0v) is 11.9. The van der Waals surface area contributed by atoms with Gasteiger partial charge in [-0.05, 0) is 23.8 Å². The molecule has 0 radical (unpaired) electrons. The predicted molar refractivity (Wildman–Crippen MR) is 84.0 cm³/mol. The average Bonchev–Trinajstić information content (AvgIpc) is 2.89. The van der Waals surface area contributed by atoms with Crippen molar-refractivity contribution in [3.63, 3.8) is 0 Å². The predicted octanol–water partition coefficient (Wildman–Crippen LogP) is 2.51. The number of nitrogens with one attached hydrogen (secondary N) is 1. The number of hydrogen-bond acceptors (Lipinski definition) is 3. The number of aromatic nitrogens is 2. The van der Waals surface area contributed by atoms with Gasteiger partial charge < -0.3 is 15.6 Å². The molecule has 1 amide bonds. The van der Waals surface area contributed by atoms with Crippen molar-refractivity contribution in [3.8, 4) is 11.1 Å². The molecule has 2 aromatic heterocycles. The van der Waals surface area contributed by atoms with Crippen molar-refractivity contribution < 1.29 is 4.79 Å². The molecule has 106 valence electrons. The smallest absolute Gasteiger partial charge is 0.253 e. The van der Waals surface area contributed by atoms with Crippen molar-refractivity contribution in [3.05, 3.63) is 48.3 Å². The van der Waals surface area contributed by atoms with Crippen LogP contribution in [0.4, 0.5) is 5.82 Å². The Kier molecular flexibility index (Phi) is 3.10. The summed E-state index contributed by atoms with van der Waals surface area (Å²) in [4.78, 5) is 20.7. The van der Waals surface area contributed by atoms with Crippen LogP contribution in [0, 0.1) is 0 Å². The maximum Gasteiger partial charge on any atom is 0.253 e. The number of hydrogen-bond donors (Lipinski definition) is 2. The zero-order chi connectivity index (χ0) is 15.0. The standard InChI is InChI=1S/C16H16N4O/c1-20(2)16(21)11-5-3-10(4-6-11)13-8-18-14-9-19-15(17)7-12(13)14/h3-9,18H,1-2H3,(H2,17,19). The minimum atomic E-state index is -0.00563. The minimum Gasteiger partial charge on any atom is -0.384 e. The van der Waals surface area contributed by atoms with Crippen molar-refractivity contribution in [2.75, 3.05) is 19.8 Å². The lowest BCUT2D eigenvalue weighted by molar-refractivity contribution is 0.0827. The minimum absolute atomic E-state index is 0.00563. The van der Waals surface area contributed by atoms with Crippen LogP contribution in [-0.4, -0.2) is 34.9 Å². The van der Waals surface area contributed by atoms with Gasteiger partial charge in [-0.3, -0.25) is 4.79 Å². The maximum atomic E-state index is 11.9. The molecule has 0 aliphatic carbocycles. The number of H-pyrrole nitrogens is 1. The van der Waals surface area contributed by atoms with Crippen LogP contribution in [0.3, 0.4) is 0 Å². The Balaban J connectivity index is 2.03.